The summed E-state index contributed by atoms with van der Waals surface area (Å²) in [7, 11) is 0. The van der Waals surface area contributed by atoms with Crippen LogP contribution in [0.2, 0.25) is 0 Å². The number of likely N-dealkylation sites (tertiary alicyclic amines) is 1. The fourth-order valence-electron chi connectivity index (χ4n) is 4.03. The van der Waals surface area contributed by atoms with E-state index in [2.05, 4.69) is 15.2 Å². The van der Waals surface area contributed by atoms with Gasteiger partial charge in [-0.3, -0.25) is 14.7 Å². The molecule has 0 atom stereocenters. The van der Waals surface area contributed by atoms with Gasteiger partial charge in [0.15, 0.2) is 0 Å². The van der Waals surface area contributed by atoms with Crippen LogP contribution in [0.3, 0.4) is 0 Å². The van der Waals surface area contributed by atoms with E-state index in [4.69, 9.17) is 0 Å². The van der Waals surface area contributed by atoms with E-state index in [9.17, 15) is 9.59 Å². The zero-order valence-electron chi connectivity index (χ0n) is 16.1. The van der Waals surface area contributed by atoms with E-state index in [0.717, 1.165) is 44.3 Å². The lowest BCUT2D eigenvalue weighted by atomic mass is 9.91. The predicted octanol–water partition coefficient (Wildman–Crippen LogP) is 1.94. The van der Waals surface area contributed by atoms with Gasteiger partial charge in [0, 0.05) is 51.0 Å². The third-order valence-corrected chi connectivity index (χ3v) is 6.09. The molecule has 2 saturated heterocycles. The molecule has 3 heterocycles. The summed E-state index contributed by atoms with van der Waals surface area (Å²) < 4.78 is 0. The highest BCUT2D eigenvalue weighted by atomic mass is 16.2. The predicted molar refractivity (Wildman–Crippen MR) is 103 cm³/mol. The van der Waals surface area contributed by atoms with Crippen LogP contribution in [-0.2, 0) is 4.79 Å². The molecule has 0 spiro atoms. The van der Waals surface area contributed by atoms with Crippen molar-refractivity contribution in [2.24, 2.45) is 5.92 Å². The fraction of sp³-hybridized carbons (Fsp3) is 0.650. The van der Waals surface area contributed by atoms with Crippen molar-refractivity contribution < 1.29 is 9.59 Å². The van der Waals surface area contributed by atoms with E-state index in [1.165, 1.54) is 19.3 Å². The summed E-state index contributed by atoms with van der Waals surface area (Å²) in [6.07, 6.45) is 6.68. The van der Waals surface area contributed by atoms with Crippen molar-refractivity contribution in [2.45, 2.75) is 38.6 Å². The van der Waals surface area contributed by atoms with Gasteiger partial charge in [-0.15, -0.1) is 0 Å². The Morgan fingerprint density at radius 1 is 1.04 bits per heavy atom. The molecule has 3 fully saturated rings. The molecule has 0 aromatic carbocycles. The number of hydrogen-bond acceptors (Lipinski definition) is 4. The highest BCUT2D eigenvalue weighted by Crippen LogP contribution is 2.26. The van der Waals surface area contributed by atoms with Crippen LogP contribution in [-0.4, -0.2) is 76.9 Å². The molecule has 146 valence electrons. The van der Waals surface area contributed by atoms with Crippen LogP contribution >= 0.6 is 0 Å². The number of nitrogens with zero attached hydrogens (tertiary/aromatic N) is 4. The normalized spacial score (nSPS) is 22.0. The van der Waals surface area contributed by atoms with E-state index < -0.39 is 0 Å². The number of urea groups is 1. The average Bonchev–Trinajstić information content (AvgIpc) is 2.80. The molecule has 3 aliphatic rings. The maximum atomic E-state index is 12.7. The molecule has 7 heteroatoms. The van der Waals surface area contributed by atoms with Crippen molar-refractivity contribution in [1.82, 2.24) is 19.7 Å². The molecule has 0 bridgehead atoms. The van der Waals surface area contributed by atoms with Crippen molar-refractivity contribution in [3.8, 4) is 0 Å². The van der Waals surface area contributed by atoms with Gasteiger partial charge in [0.2, 0.25) is 5.91 Å². The molecular formula is C20H29N5O2. The van der Waals surface area contributed by atoms with Crippen LogP contribution < -0.4 is 5.32 Å². The number of carbonyl (C=O) groups excluding carboxylic acids is 2. The standard InChI is InChI=1S/C20H29N5O2/c1-15-6-7-17(12-21-15)22-19(26)16-13-25(14-16)20(27)24-9-3-8-23(10-11-24)18-4-2-5-18/h6-7,12,16,18H,2-5,8-11,13-14H2,1H3,(H,22,26). The minimum atomic E-state index is -0.131. The van der Waals surface area contributed by atoms with Gasteiger partial charge in [-0.25, -0.2) is 4.79 Å². The average molecular weight is 371 g/mol. The molecule has 3 amide bonds. The summed E-state index contributed by atoms with van der Waals surface area (Å²) in [5, 5.41) is 2.89. The second-order valence-corrected chi connectivity index (χ2v) is 8.02. The van der Waals surface area contributed by atoms with E-state index in [0.29, 0.717) is 18.8 Å². The number of hydrogen-bond donors (Lipinski definition) is 1. The van der Waals surface area contributed by atoms with Crippen LogP contribution in [0.15, 0.2) is 18.3 Å². The van der Waals surface area contributed by atoms with Crippen LogP contribution in [0.1, 0.15) is 31.4 Å². The van der Waals surface area contributed by atoms with E-state index in [1.54, 1.807) is 11.1 Å². The third kappa shape index (κ3) is 4.08. The number of pyridine rings is 1. The fourth-order valence-corrected chi connectivity index (χ4v) is 4.03. The Kier molecular flexibility index (Phi) is 5.29. The number of aryl methyl sites for hydroxylation is 1. The number of amides is 3. The Balaban J connectivity index is 1.23. The third-order valence-electron chi connectivity index (χ3n) is 6.09. The van der Waals surface area contributed by atoms with Gasteiger partial charge >= 0.3 is 6.03 Å². The first-order valence-corrected chi connectivity index (χ1v) is 10.1. The van der Waals surface area contributed by atoms with Crippen molar-refractivity contribution in [3.05, 3.63) is 24.0 Å². The Hall–Kier alpha value is -2.15. The smallest absolute Gasteiger partial charge is 0.320 e. The maximum absolute atomic E-state index is 12.7. The quantitative estimate of drug-likeness (QED) is 0.882. The van der Waals surface area contributed by atoms with Gasteiger partial charge in [0.1, 0.15) is 0 Å². The van der Waals surface area contributed by atoms with Crippen molar-refractivity contribution >= 4 is 17.6 Å². The minimum absolute atomic E-state index is 0.0308. The van der Waals surface area contributed by atoms with Crippen molar-refractivity contribution in [2.75, 3.05) is 44.6 Å². The molecule has 1 aromatic heterocycles. The second kappa shape index (κ2) is 7.84. The van der Waals surface area contributed by atoms with Crippen LogP contribution in [0.25, 0.3) is 0 Å². The maximum Gasteiger partial charge on any atom is 0.320 e. The number of aromatic nitrogens is 1. The van der Waals surface area contributed by atoms with Crippen LogP contribution in [0, 0.1) is 12.8 Å². The molecule has 7 nitrogen and oxygen atoms in total. The van der Waals surface area contributed by atoms with E-state index >= 15 is 0 Å². The highest BCUT2D eigenvalue weighted by Gasteiger charge is 2.38. The number of nitrogens with one attached hydrogen (secondary N) is 1. The lowest BCUT2D eigenvalue weighted by Crippen LogP contribution is -2.58. The number of carbonyl (C=O) groups is 2. The molecule has 4 rings (SSSR count). The zero-order valence-corrected chi connectivity index (χ0v) is 16.1. The number of rotatable bonds is 3. The van der Waals surface area contributed by atoms with Crippen molar-refractivity contribution in [3.63, 3.8) is 0 Å². The summed E-state index contributed by atoms with van der Waals surface area (Å²) in [6.45, 7) is 6.63. The summed E-state index contributed by atoms with van der Waals surface area (Å²) in [4.78, 5) is 35.6. The van der Waals surface area contributed by atoms with Crippen molar-refractivity contribution in [1.29, 1.82) is 0 Å². The Labute approximate surface area is 160 Å². The first kappa shape index (κ1) is 18.2. The summed E-state index contributed by atoms with van der Waals surface area (Å²) in [6, 6.07) is 4.56. The van der Waals surface area contributed by atoms with Gasteiger partial charge in [-0.1, -0.05) is 6.42 Å². The minimum Gasteiger partial charge on any atom is -0.324 e. The molecule has 27 heavy (non-hydrogen) atoms. The Morgan fingerprint density at radius 3 is 2.52 bits per heavy atom. The second-order valence-electron chi connectivity index (χ2n) is 8.02. The molecule has 1 saturated carbocycles. The Bertz CT molecular complexity index is 682. The van der Waals surface area contributed by atoms with Gasteiger partial charge in [-0.05, 0) is 38.3 Å². The van der Waals surface area contributed by atoms with Gasteiger partial charge in [-0.2, -0.15) is 0 Å². The van der Waals surface area contributed by atoms with Gasteiger partial charge < -0.3 is 15.1 Å². The molecule has 1 aromatic rings. The largest absolute Gasteiger partial charge is 0.324 e. The first-order chi connectivity index (χ1) is 13.1. The van der Waals surface area contributed by atoms with E-state index in [-0.39, 0.29) is 17.9 Å². The summed E-state index contributed by atoms with van der Waals surface area (Å²) in [5.41, 5.74) is 1.63. The summed E-state index contributed by atoms with van der Waals surface area (Å²) >= 11 is 0. The molecular weight excluding hydrogens is 342 g/mol. The SMILES string of the molecule is Cc1ccc(NC(=O)C2CN(C(=O)N3CCCN(C4CCC4)CC3)C2)cn1. The molecule has 1 N–H and O–H groups in total. The zero-order chi connectivity index (χ0) is 18.8. The highest BCUT2D eigenvalue weighted by molar-refractivity contribution is 5.94. The lowest BCUT2D eigenvalue weighted by Gasteiger charge is -2.41. The van der Waals surface area contributed by atoms with E-state index in [1.807, 2.05) is 24.0 Å². The molecule has 2 aliphatic heterocycles. The van der Waals surface area contributed by atoms with Gasteiger partial charge in [0.05, 0.1) is 17.8 Å². The molecule has 0 unspecified atom stereocenters. The Morgan fingerprint density at radius 2 is 1.85 bits per heavy atom. The van der Waals surface area contributed by atoms with Gasteiger partial charge in [0.25, 0.3) is 0 Å². The van der Waals surface area contributed by atoms with Crippen LogP contribution in [0.4, 0.5) is 10.5 Å². The van der Waals surface area contributed by atoms with Crippen LogP contribution in [0.5, 0.6) is 0 Å². The lowest BCUT2D eigenvalue weighted by molar-refractivity contribution is -0.123. The number of anilines is 1. The summed E-state index contributed by atoms with van der Waals surface area (Å²) in [5.74, 6) is -0.162. The first-order valence-electron chi connectivity index (χ1n) is 10.1. The molecule has 0 radical (unpaired) electrons. The molecule has 1 aliphatic carbocycles. The topological polar surface area (TPSA) is 68.8 Å². The monoisotopic (exact) mass is 371 g/mol.